The van der Waals surface area contributed by atoms with Crippen molar-refractivity contribution < 1.29 is 9.26 Å². The maximum atomic E-state index is 6.10. The fourth-order valence-corrected chi connectivity index (χ4v) is 2.70. The maximum absolute atomic E-state index is 6.10. The molecule has 104 valence electrons. The van der Waals surface area contributed by atoms with Gasteiger partial charge in [-0.15, -0.1) is 0 Å². The van der Waals surface area contributed by atoms with Crippen LogP contribution in [0.1, 0.15) is 42.1 Å². The predicted octanol–water partition coefficient (Wildman–Crippen LogP) is 2.20. The molecule has 4 rings (SSSR count). The van der Waals surface area contributed by atoms with Crippen LogP contribution in [-0.4, -0.2) is 16.7 Å². The van der Waals surface area contributed by atoms with Crippen LogP contribution in [0.5, 0.6) is 5.75 Å². The summed E-state index contributed by atoms with van der Waals surface area (Å²) in [5.74, 6) is 2.89. The smallest absolute Gasteiger partial charge is 0.233 e. The highest BCUT2D eigenvalue weighted by molar-refractivity contribution is 5.36. The summed E-state index contributed by atoms with van der Waals surface area (Å²) in [6.07, 6.45) is 3.21. The number of rotatable bonds is 3. The fourth-order valence-electron chi connectivity index (χ4n) is 2.70. The SMILES string of the molecule is NC(c1noc(C2COc3ccccc3C2)n1)C1CC1. The van der Waals surface area contributed by atoms with Crippen molar-refractivity contribution in [1.82, 2.24) is 10.1 Å². The monoisotopic (exact) mass is 271 g/mol. The zero-order chi connectivity index (χ0) is 13.5. The van der Waals surface area contributed by atoms with E-state index in [1.807, 2.05) is 18.2 Å². The number of nitrogens with zero attached hydrogens (tertiary/aromatic N) is 2. The quantitative estimate of drug-likeness (QED) is 0.926. The molecular weight excluding hydrogens is 254 g/mol. The Kier molecular flexibility index (Phi) is 2.73. The summed E-state index contributed by atoms with van der Waals surface area (Å²) < 4.78 is 11.2. The lowest BCUT2D eigenvalue weighted by Gasteiger charge is -2.22. The van der Waals surface area contributed by atoms with Crippen molar-refractivity contribution in [2.75, 3.05) is 6.61 Å². The first-order chi connectivity index (χ1) is 9.81. The molecule has 5 heteroatoms. The second kappa shape index (κ2) is 4.59. The number of hydrogen-bond donors (Lipinski definition) is 1. The summed E-state index contributed by atoms with van der Waals surface area (Å²) in [5, 5.41) is 4.04. The van der Waals surface area contributed by atoms with Gasteiger partial charge in [0.25, 0.3) is 0 Å². The number of nitrogens with two attached hydrogens (primary N) is 1. The Morgan fingerprint density at radius 3 is 2.95 bits per heavy atom. The molecule has 0 amide bonds. The minimum absolute atomic E-state index is 0.0794. The second-order valence-electron chi connectivity index (χ2n) is 5.67. The second-order valence-corrected chi connectivity index (χ2v) is 5.67. The highest BCUT2D eigenvalue weighted by Gasteiger charge is 2.34. The van der Waals surface area contributed by atoms with Gasteiger partial charge in [0.15, 0.2) is 5.82 Å². The van der Waals surface area contributed by atoms with E-state index in [9.17, 15) is 0 Å². The highest BCUT2D eigenvalue weighted by atomic mass is 16.5. The molecule has 2 aliphatic rings. The molecule has 0 radical (unpaired) electrons. The molecule has 1 aliphatic carbocycles. The van der Waals surface area contributed by atoms with Gasteiger partial charge >= 0.3 is 0 Å². The van der Waals surface area contributed by atoms with E-state index in [-0.39, 0.29) is 12.0 Å². The van der Waals surface area contributed by atoms with E-state index in [1.54, 1.807) is 0 Å². The highest BCUT2D eigenvalue weighted by Crippen LogP contribution is 2.39. The first-order valence-corrected chi connectivity index (χ1v) is 7.11. The summed E-state index contributed by atoms with van der Waals surface area (Å²) in [5.41, 5.74) is 7.29. The average molecular weight is 271 g/mol. The number of benzene rings is 1. The molecule has 1 aliphatic heterocycles. The van der Waals surface area contributed by atoms with Crippen molar-refractivity contribution in [3.8, 4) is 5.75 Å². The summed E-state index contributed by atoms with van der Waals surface area (Å²) >= 11 is 0. The summed E-state index contributed by atoms with van der Waals surface area (Å²) in [7, 11) is 0. The molecule has 0 bridgehead atoms. The van der Waals surface area contributed by atoms with Crippen LogP contribution in [0, 0.1) is 5.92 Å². The van der Waals surface area contributed by atoms with Gasteiger partial charge in [-0.1, -0.05) is 23.4 Å². The van der Waals surface area contributed by atoms with Crippen LogP contribution in [0.15, 0.2) is 28.8 Å². The molecular formula is C15H17N3O2. The third-order valence-electron chi connectivity index (χ3n) is 4.11. The molecule has 2 unspecified atom stereocenters. The minimum atomic E-state index is -0.0794. The van der Waals surface area contributed by atoms with Gasteiger partial charge in [0.2, 0.25) is 5.89 Å². The van der Waals surface area contributed by atoms with Gasteiger partial charge in [-0.25, -0.2) is 0 Å². The molecule has 0 spiro atoms. The Bertz CT molecular complexity index is 621. The Labute approximate surface area is 117 Å². The van der Waals surface area contributed by atoms with Crippen molar-refractivity contribution in [2.24, 2.45) is 11.7 Å². The van der Waals surface area contributed by atoms with Crippen molar-refractivity contribution in [1.29, 1.82) is 0 Å². The van der Waals surface area contributed by atoms with Gasteiger partial charge in [0.05, 0.1) is 12.0 Å². The number of para-hydroxylation sites is 1. The molecule has 20 heavy (non-hydrogen) atoms. The van der Waals surface area contributed by atoms with Crippen LogP contribution in [0.25, 0.3) is 0 Å². The fraction of sp³-hybridized carbons (Fsp3) is 0.467. The number of ether oxygens (including phenoxy) is 1. The number of hydrogen-bond acceptors (Lipinski definition) is 5. The molecule has 1 aromatic heterocycles. The molecule has 2 heterocycles. The van der Waals surface area contributed by atoms with Crippen molar-refractivity contribution in [3.05, 3.63) is 41.5 Å². The van der Waals surface area contributed by atoms with Crippen molar-refractivity contribution in [3.63, 3.8) is 0 Å². The predicted molar refractivity (Wildman–Crippen MR) is 72.3 cm³/mol. The topological polar surface area (TPSA) is 74.2 Å². The third-order valence-corrected chi connectivity index (χ3v) is 4.11. The van der Waals surface area contributed by atoms with Gasteiger partial charge in [0, 0.05) is 0 Å². The van der Waals surface area contributed by atoms with Gasteiger partial charge in [0.1, 0.15) is 12.4 Å². The van der Waals surface area contributed by atoms with Crippen LogP contribution in [0.3, 0.4) is 0 Å². The Morgan fingerprint density at radius 1 is 1.25 bits per heavy atom. The van der Waals surface area contributed by atoms with Gasteiger partial charge in [-0.2, -0.15) is 4.98 Å². The van der Waals surface area contributed by atoms with Crippen LogP contribution in [-0.2, 0) is 6.42 Å². The molecule has 0 saturated heterocycles. The maximum Gasteiger partial charge on any atom is 0.233 e. The number of aromatic nitrogens is 2. The third kappa shape index (κ3) is 2.08. The minimum Gasteiger partial charge on any atom is -0.492 e. The lowest BCUT2D eigenvalue weighted by molar-refractivity contribution is 0.230. The van der Waals surface area contributed by atoms with Gasteiger partial charge in [-0.05, 0) is 36.8 Å². The van der Waals surface area contributed by atoms with E-state index in [1.165, 1.54) is 18.4 Å². The molecule has 5 nitrogen and oxygen atoms in total. The standard InChI is InChI=1S/C15H17N3O2/c16-13(9-5-6-9)14-17-15(20-18-14)11-7-10-3-1-2-4-12(10)19-8-11/h1-4,9,11,13H,5-8,16H2. The summed E-state index contributed by atoms with van der Waals surface area (Å²) in [6, 6.07) is 8.00. The van der Waals surface area contributed by atoms with Crippen molar-refractivity contribution in [2.45, 2.75) is 31.2 Å². The molecule has 1 saturated carbocycles. The molecule has 2 atom stereocenters. The van der Waals surface area contributed by atoms with Gasteiger partial charge < -0.3 is 15.0 Å². The summed E-state index contributed by atoms with van der Waals surface area (Å²) in [6.45, 7) is 0.581. The molecule has 1 fully saturated rings. The van der Waals surface area contributed by atoms with E-state index < -0.39 is 0 Å². The van der Waals surface area contributed by atoms with E-state index in [0.29, 0.717) is 24.2 Å². The molecule has 1 aromatic carbocycles. The zero-order valence-electron chi connectivity index (χ0n) is 11.2. The lowest BCUT2D eigenvalue weighted by Crippen LogP contribution is -2.20. The molecule has 2 N–H and O–H groups in total. The largest absolute Gasteiger partial charge is 0.492 e. The molecule has 2 aromatic rings. The van der Waals surface area contributed by atoms with Crippen LogP contribution in [0.4, 0.5) is 0 Å². The van der Waals surface area contributed by atoms with E-state index >= 15 is 0 Å². The van der Waals surface area contributed by atoms with E-state index in [4.69, 9.17) is 15.0 Å². The Morgan fingerprint density at radius 2 is 2.10 bits per heavy atom. The summed E-state index contributed by atoms with van der Waals surface area (Å²) in [4.78, 5) is 4.49. The Hall–Kier alpha value is -1.88. The average Bonchev–Trinajstić information content (AvgIpc) is 3.23. The van der Waals surface area contributed by atoms with E-state index in [0.717, 1.165) is 12.2 Å². The van der Waals surface area contributed by atoms with Gasteiger partial charge in [-0.3, -0.25) is 0 Å². The van der Waals surface area contributed by atoms with Crippen LogP contribution < -0.4 is 10.5 Å². The van der Waals surface area contributed by atoms with Crippen LogP contribution in [0.2, 0.25) is 0 Å². The first kappa shape index (κ1) is 11.9. The first-order valence-electron chi connectivity index (χ1n) is 7.11. The van der Waals surface area contributed by atoms with Crippen molar-refractivity contribution >= 4 is 0 Å². The normalized spacial score (nSPS) is 22.9. The van der Waals surface area contributed by atoms with Crippen LogP contribution >= 0.6 is 0 Å². The zero-order valence-corrected chi connectivity index (χ0v) is 11.2. The lowest BCUT2D eigenvalue weighted by atomic mass is 9.97. The van der Waals surface area contributed by atoms with E-state index in [2.05, 4.69) is 16.2 Å². The number of fused-ring (bicyclic) bond motifs is 1. The Balaban J connectivity index is 1.54.